The number of carbonyl (C=O) groups excluding carboxylic acids is 3. The van der Waals surface area contributed by atoms with Crippen molar-refractivity contribution in [3.05, 3.63) is 59.6 Å². The van der Waals surface area contributed by atoms with Gasteiger partial charge in [-0.3, -0.25) is 14.4 Å². The van der Waals surface area contributed by atoms with Crippen LogP contribution in [0.3, 0.4) is 0 Å². The molecule has 0 bridgehead atoms. The fourth-order valence-corrected chi connectivity index (χ4v) is 3.12. The molecule has 170 valence electrons. The molecule has 8 nitrogen and oxygen atoms in total. The molecule has 0 aliphatic rings. The Kier molecular flexibility index (Phi) is 9.62. The molecule has 0 radical (unpaired) electrons. The third-order valence-electron chi connectivity index (χ3n) is 4.04. The number of rotatable bonds is 11. The Morgan fingerprint density at radius 1 is 1.00 bits per heavy atom. The van der Waals surface area contributed by atoms with Gasteiger partial charge in [0.05, 0.1) is 27.1 Å². The van der Waals surface area contributed by atoms with Crippen LogP contribution in [0, 0.1) is 0 Å². The van der Waals surface area contributed by atoms with E-state index in [-0.39, 0.29) is 23.3 Å². The highest BCUT2D eigenvalue weighted by atomic mass is 32.2. The Morgan fingerprint density at radius 2 is 1.69 bits per heavy atom. The van der Waals surface area contributed by atoms with Crippen molar-refractivity contribution in [3.63, 3.8) is 0 Å². The lowest BCUT2D eigenvalue weighted by Gasteiger charge is -2.13. The average Bonchev–Trinajstić information content (AvgIpc) is 3.26. The summed E-state index contributed by atoms with van der Waals surface area (Å²) in [7, 11) is 4.42. The number of carbonyl (C=O) groups is 3. The van der Waals surface area contributed by atoms with Crippen LogP contribution in [0.4, 0.5) is 0 Å². The van der Waals surface area contributed by atoms with Crippen LogP contribution in [0.25, 0.3) is 6.08 Å². The minimum absolute atomic E-state index is 0.0775. The molecule has 0 atom stereocenters. The number of hydrogen-bond acceptors (Lipinski definition) is 9. The second-order valence-corrected chi connectivity index (χ2v) is 7.16. The molecule has 0 amide bonds. The third-order valence-corrected chi connectivity index (χ3v) is 4.84. The lowest BCUT2D eigenvalue weighted by Crippen LogP contribution is -2.08. The summed E-state index contributed by atoms with van der Waals surface area (Å²) in [4.78, 5) is 35.6. The monoisotopic (exact) mass is 460 g/mol. The number of thioether (sulfide) groups is 1. The summed E-state index contributed by atoms with van der Waals surface area (Å²) in [5.74, 6) is 1.05. The number of esters is 1. The maximum Gasteiger partial charge on any atom is 0.316 e. The van der Waals surface area contributed by atoms with Crippen molar-refractivity contribution < 1.29 is 37.7 Å². The van der Waals surface area contributed by atoms with Gasteiger partial charge < -0.3 is 23.4 Å². The molecule has 0 aliphatic heterocycles. The first-order valence-electron chi connectivity index (χ1n) is 9.48. The van der Waals surface area contributed by atoms with E-state index in [0.29, 0.717) is 34.3 Å². The van der Waals surface area contributed by atoms with Gasteiger partial charge in [-0.05, 0) is 49.4 Å². The van der Waals surface area contributed by atoms with Gasteiger partial charge in [0.2, 0.25) is 10.9 Å². The second kappa shape index (κ2) is 12.4. The molecule has 1 heterocycles. The molecule has 0 fully saturated rings. The standard InChI is InChI=1S/C23H24O8S/c1-5-6-22(26)32-14-21(25)30-13-17-8-7-16(31-17)9-10-18(24)15-11-19(27-2)23(29-4)20(12-15)28-3/h5-12H,13-14H2,1-4H3/b6-5+,10-9+. The molecule has 0 aliphatic carbocycles. The molecule has 0 unspecified atom stereocenters. The minimum Gasteiger partial charge on any atom is -0.493 e. The first kappa shape index (κ1) is 24.8. The second-order valence-electron chi connectivity index (χ2n) is 6.18. The number of benzene rings is 1. The van der Waals surface area contributed by atoms with Crippen LogP contribution in [0.15, 0.2) is 46.9 Å². The molecule has 1 aromatic carbocycles. The number of allylic oxidation sites excluding steroid dienone is 2. The molecule has 2 rings (SSSR count). The van der Waals surface area contributed by atoms with Crippen LogP contribution in [-0.4, -0.2) is 44.0 Å². The number of hydrogen-bond donors (Lipinski definition) is 0. The Morgan fingerprint density at radius 3 is 2.28 bits per heavy atom. The summed E-state index contributed by atoms with van der Waals surface area (Å²) >= 11 is 0.861. The van der Waals surface area contributed by atoms with Crippen molar-refractivity contribution in [1.82, 2.24) is 0 Å². The molecule has 0 saturated carbocycles. The number of methoxy groups -OCH3 is 3. The molecule has 0 N–H and O–H groups in total. The summed E-state index contributed by atoms with van der Waals surface area (Å²) in [5, 5.41) is -0.216. The zero-order valence-corrected chi connectivity index (χ0v) is 19.0. The van der Waals surface area contributed by atoms with Crippen LogP contribution in [-0.2, 0) is 20.9 Å². The maximum atomic E-state index is 12.6. The van der Waals surface area contributed by atoms with Gasteiger partial charge in [0.15, 0.2) is 17.3 Å². The highest BCUT2D eigenvalue weighted by Gasteiger charge is 2.16. The Bertz CT molecular complexity index is 994. The minimum atomic E-state index is -0.529. The van der Waals surface area contributed by atoms with Crippen molar-refractivity contribution in [3.8, 4) is 17.2 Å². The summed E-state index contributed by atoms with van der Waals surface area (Å²) in [5.41, 5.74) is 0.349. The normalized spacial score (nSPS) is 11.0. The smallest absolute Gasteiger partial charge is 0.316 e. The zero-order valence-electron chi connectivity index (χ0n) is 18.2. The SMILES string of the molecule is C/C=C/C(=O)SCC(=O)OCc1ccc(/C=C/C(=O)c2cc(OC)c(OC)c(OC)c2)o1. The van der Waals surface area contributed by atoms with E-state index in [1.54, 1.807) is 37.3 Å². The number of furan rings is 1. The van der Waals surface area contributed by atoms with E-state index in [2.05, 4.69) is 0 Å². The number of ketones is 1. The van der Waals surface area contributed by atoms with Crippen LogP contribution >= 0.6 is 11.8 Å². The van der Waals surface area contributed by atoms with Gasteiger partial charge in [-0.2, -0.15) is 0 Å². The number of ether oxygens (including phenoxy) is 4. The molecule has 2 aromatic rings. The summed E-state index contributed by atoms with van der Waals surface area (Å²) in [6.45, 7) is 1.64. The summed E-state index contributed by atoms with van der Waals surface area (Å²) < 4.78 is 26.4. The van der Waals surface area contributed by atoms with E-state index in [1.165, 1.54) is 39.6 Å². The Labute approximate surface area is 190 Å². The van der Waals surface area contributed by atoms with Gasteiger partial charge in [0.25, 0.3) is 0 Å². The van der Waals surface area contributed by atoms with Crippen LogP contribution in [0.1, 0.15) is 28.8 Å². The quantitative estimate of drug-likeness (QED) is 0.279. The van der Waals surface area contributed by atoms with E-state index in [4.69, 9.17) is 23.4 Å². The lowest BCUT2D eigenvalue weighted by molar-refractivity contribution is -0.142. The van der Waals surface area contributed by atoms with Crippen LogP contribution in [0.2, 0.25) is 0 Å². The topological polar surface area (TPSA) is 101 Å². The predicted molar refractivity (Wildman–Crippen MR) is 120 cm³/mol. The summed E-state index contributed by atoms with van der Waals surface area (Å²) in [6, 6.07) is 6.39. The van der Waals surface area contributed by atoms with Crippen LogP contribution < -0.4 is 14.2 Å². The largest absolute Gasteiger partial charge is 0.493 e. The molecule has 0 saturated heterocycles. The van der Waals surface area contributed by atoms with Crippen molar-refractivity contribution in [1.29, 1.82) is 0 Å². The fourth-order valence-electron chi connectivity index (χ4n) is 2.55. The zero-order chi connectivity index (χ0) is 23.5. The first-order valence-corrected chi connectivity index (χ1v) is 10.5. The van der Waals surface area contributed by atoms with E-state index in [1.807, 2.05) is 0 Å². The molecular formula is C23H24O8S. The average molecular weight is 461 g/mol. The molecule has 9 heteroatoms. The summed E-state index contributed by atoms with van der Waals surface area (Å²) in [6.07, 6.45) is 5.83. The Hall–Kier alpha value is -3.46. The van der Waals surface area contributed by atoms with Gasteiger partial charge in [0, 0.05) is 5.56 Å². The van der Waals surface area contributed by atoms with Crippen molar-refractivity contribution in [2.45, 2.75) is 13.5 Å². The lowest BCUT2D eigenvalue weighted by atomic mass is 10.1. The molecule has 32 heavy (non-hydrogen) atoms. The van der Waals surface area contributed by atoms with Gasteiger partial charge >= 0.3 is 5.97 Å². The highest BCUT2D eigenvalue weighted by molar-refractivity contribution is 8.14. The first-order chi connectivity index (χ1) is 15.4. The third kappa shape index (κ3) is 7.05. The van der Waals surface area contributed by atoms with Gasteiger partial charge in [-0.1, -0.05) is 17.8 Å². The van der Waals surface area contributed by atoms with Gasteiger partial charge in [0.1, 0.15) is 18.1 Å². The predicted octanol–water partition coefficient (Wildman–Crippen LogP) is 4.08. The van der Waals surface area contributed by atoms with Crippen molar-refractivity contribution >= 4 is 34.7 Å². The molecular weight excluding hydrogens is 436 g/mol. The van der Waals surface area contributed by atoms with Crippen molar-refractivity contribution in [2.75, 3.05) is 27.1 Å². The molecule has 1 aromatic heterocycles. The fraction of sp³-hybridized carbons (Fsp3) is 0.261. The highest BCUT2D eigenvalue weighted by Crippen LogP contribution is 2.38. The van der Waals surface area contributed by atoms with Gasteiger partial charge in [-0.25, -0.2) is 0 Å². The van der Waals surface area contributed by atoms with Gasteiger partial charge in [-0.15, -0.1) is 0 Å². The van der Waals surface area contributed by atoms with Crippen molar-refractivity contribution in [2.24, 2.45) is 0 Å². The van der Waals surface area contributed by atoms with E-state index < -0.39 is 5.97 Å². The van der Waals surface area contributed by atoms with E-state index in [9.17, 15) is 14.4 Å². The van der Waals surface area contributed by atoms with E-state index >= 15 is 0 Å². The van der Waals surface area contributed by atoms with Crippen LogP contribution in [0.5, 0.6) is 17.2 Å². The maximum absolute atomic E-state index is 12.6. The Balaban J connectivity index is 1.97. The molecule has 0 spiro atoms. The van der Waals surface area contributed by atoms with E-state index in [0.717, 1.165) is 11.8 Å².